The van der Waals surface area contributed by atoms with E-state index in [1.807, 2.05) is 42.9 Å². The van der Waals surface area contributed by atoms with Gasteiger partial charge in [-0.15, -0.1) is 0 Å². The van der Waals surface area contributed by atoms with Crippen LogP contribution < -0.4 is 0 Å². The van der Waals surface area contributed by atoms with E-state index >= 15 is 0 Å². The van der Waals surface area contributed by atoms with Crippen LogP contribution in [0, 0.1) is 11.8 Å². The highest BCUT2D eigenvalue weighted by atomic mass is 16.5. The average molecular weight is 434 g/mol. The number of rotatable bonds is 7. The summed E-state index contributed by atoms with van der Waals surface area (Å²) in [4.78, 5) is 34.8. The number of hydrogen-bond acceptors (Lipinski definition) is 7. The van der Waals surface area contributed by atoms with Crippen molar-refractivity contribution in [2.24, 2.45) is 7.05 Å². The highest BCUT2D eigenvalue weighted by molar-refractivity contribution is 6.01. The van der Waals surface area contributed by atoms with Crippen LogP contribution in [-0.4, -0.2) is 69.6 Å². The molecule has 0 amide bonds. The van der Waals surface area contributed by atoms with Crippen LogP contribution >= 0.6 is 0 Å². The molecule has 2 heterocycles. The first-order chi connectivity index (χ1) is 15.3. The Morgan fingerprint density at radius 3 is 2.78 bits per heavy atom. The van der Waals surface area contributed by atoms with Crippen molar-refractivity contribution in [3.8, 4) is 23.2 Å². The second-order valence-electron chi connectivity index (χ2n) is 7.71. The Kier molecular flexibility index (Phi) is 7.03. The lowest BCUT2D eigenvalue weighted by Gasteiger charge is -2.17. The van der Waals surface area contributed by atoms with Crippen LogP contribution in [0.1, 0.15) is 29.4 Å². The Labute approximate surface area is 186 Å². The fourth-order valence-corrected chi connectivity index (χ4v) is 3.08. The van der Waals surface area contributed by atoms with Crippen molar-refractivity contribution in [3.63, 3.8) is 0 Å². The number of fused-ring (bicyclic) bond motifs is 1. The molecule has 1 atom stereocenters. The summed E-state index contributed by atoms with van der Waals surface area (Å²) in [6, 6.07) is 8.88. The van der Waals surface area contributed by atoms with Crippen molar-refractivity contribution in [3.05, 3.63) is 47.8 Å². The number of aldehydes is 1. The molecule has 8 nitrogen and oxygen atoms in total. The molecule has 8 heteroatoms. The van der Waals surface area contributed by atoms with Crippen LogP contribution in [0.4, 0.5) is 0 Å². The fraction of sp³-hybridized carbons (Fsp3) is 0.333. The van der Waals surface area contributed by atoms with Crippen LogP contribution in [-0.2, 0) is 16.6 Å². The number of aromatic nitrogens is 3. The number of carbonyl (C=O) groups excluding carboxylic acids is 2. The van der Waals surface area contributed by atoms with Crippen LogP contribution in [0.15, 0.2) is 36.5 Å². The Balaban J connectivity index is 2.01. The van der Waals surface area contributed by atoms with Crippen molar-refractivity contribution in [1.82, 2.24) is 19.4 Å². The number of carbonyl (C=O) groups is 2. The molecule has 0 bridgehead atoms. The molecule has 2 aromatic heterocycles. The number of aliphatic hydroxyl groups is 1. The van der Waals surface area contributed by atoms with Gasteiger partial charge in [-0.2, -0.15) is 0 Å². The molecular weight excluding hydrogens is 408 g/mol. The first-order valence-corrected chi connectivity index (χ1v) is 10.2. The number of benzene rings is 1. The minimum atomic E-state index is -1.73. The smallest absolute Gasteiger partial charge is 0.357 e. The van der Waals surface area contributed by atoms with E-state index in [4.69, 9.17) is 4.74 Å². The van der Waals surface area contributed by atoms with Crippen LogP contribution in [0.3, 0.4) is 0 Å². The van der Waals surface area contributed by atoms with Crippen LogP contribution in [0.2, 0.25) is 0 Å². The van der Waals surface area contributed by atoms with Gasteiger partial charge in [-0.1, -0.05) is 24.0 Å². The Bertz CT molecular complexity index is 1210. The van der Waals surface area contributed by atoms with Gasteiger partial charge in [-0.05, 0) is 39.2 Å². The lowest BCUT2D eigenvalue weighted by Crippen LogP contribution is -2.33. The summed E-state index contributed by atoms with van der Waals surface area (Å²) in [5, 5.41) is 11.1. The second-order valence-corrected chi connectivity index (χ2v) is 7.71. The first kappa shape index (κ1) is 23.1. The molecule has 0 saturated heterocycles. The van der Waals surface area contributed by atoms with Gasteiger partial charge in [0.05, 0.1) is 12.0 Å². The third kappa shape index (κ3) is 5.19. The maximum Gasteiger partial charge on any atom is 0.357 e. The zero-order chi connectivity index (χ0) is 23.3. The highest BCUT2D eigenvalue weighted by Crippen LogP contribution is 2.23. The maximum absolute atomic E-state index is 12.5. The highest BCUT2D eigenvalue weighted by Gasteiger charge is 2.23. The topological polar surface area (TPSA) is 97.6 Å². The number of aryl methyl sites for hydroxylation is 1. The van der Waals surface area contributed by atoms with Gasteiger partial charge in [-0.25, -0.2) is 14.8 Å². The molecule has 1 aromatic carbocycles. The lowest BCUT2D eigenvalue weighted by molar-refractivity contribution is -0.119. The first-order valence-electron chi connectivity index (χ1n) is 10.2. The third-order valence-corrected chi connectivity index (χ3v) is 4.87. The molecule has 0 aliphatic heterocycles. The standard InChI is InChI=1S/C24H26N4O4/c1-5-32-23(30)20-19-10-13-28(4)22(19)26-21(25-20)18-8-6-7-17(15-18)9-11-24(31,16-29)12-14-27(2)3/h6-8,10,13,15-16,31H,5,12,14H2,1-4H3/t24-/m0/s1. The Hall–Kier alpha value is -3.54. The molecule has 0 saturated carbocycles. The van der Waals surface area contributed by atoms with Gasteiger partial charge < -0.3 is 19.3 Å². The van der Waals surface area contributed by atoms with Crippen molar-refractivity contribution in [1.29, 1.82) is 0 Å². The Morgan fingerprint density at radius 1 is 1.31 bits per heavy atom. The van der Waals surface area contributed by atoms with E-state index in [9.17, 15) is 14.7 Å². The molecule has 0 unspecified atom stereocenters. The molecular formula is C24H26N4O4. The van der Waals surface area contributed by atoms with Crippen LogP contribution in [0.25, 0.3) is 22.4 Å². The summed E-state index contributed by atoms with van der Waals surface area (Å²) in [6.45, 7) is 2.50. The summed E-state index contributed by atoms with van der Waals surface area (Å²) >= 11 is 0. The van der Waals surface area contributed by atoms with Gasteiger partial charge in [0.2, 0.25) is 0 Å². The van der Waals surface area contributed by atoms with E-state index in [0.29, 0.717) is 40.8 Å². The van der Waals surface area contributed by atoms with Gasteiger partial charge in [-0.3, -0.25) is 4.79 Å². The van der Waals surface area contributed by atoms with Crippen molar-refractivity contribution in [2.45, 2.75) is 18.9 Å². The maximum atomic E-state index is 12.5. The predicted octanol–water partition coefficient (Wildman–Crippen LogP) is 2.05. The Morgan fingerprint density at radius 2 is 2.09 bits per heavy atom. The molecule has 0 radical (unpaired) electrons. The van der Waals surface area contributed by atoms with E-state index in [-0.39, 0.29) is 18.7 Å². The van der Waals surface area contributed by atoms with Crippen molar-refractivity contribution < 1.29 is 19.4 Å². The molecule has 0 spiro atoms. The largest absolute Gasteiger partial charge is 0.461 e. The zero-order valence-corrected chi connectivity index (χ0v) is 18.6. The van der Waals surface area contributed by atoms with Crippen LogP contribution in [0.5, 0.6) is 0 Å². The van der Waals surface area contributed by atoms with E-state index in [0.717, 1.165) is 0 Å². The third-order valence-electron chi connectivity index (χ3n) is 4.87. The molecule has 0 aliphatic rings. The van der Waals surface area contributed by atoms with Gasteiger partial charge in [0.1, 0.15) is 5.65 Å². The number of nitrogens with zero attached hydrogens (tertiary/aromatic N) is 4. The van der Waals surface area contributed by atoms with Gasteiger partial charge in [0, 0.05) is 37.3 Å². The van der Waals surface area contributed by atoms with Crippen molar-refractivity contribution >= 4 is 23.3 Å². The fourth-order valence-electron chi connectivity index (χ4n) is 3.08. The minimum absolute atomic E-state index is 0.197. The number of hydrogen-bond donors (Lipinski definition) is 1. The van der Waals surface area contributed by atoms with E-state index in [2.05, 4.69) is 21.8 Å². The monoisotopic (exact) mass is 434 g/mol. The lowest BCUT2D eigenvalue weighted by atomic mass is 10.0. The molecule has 3 rings (SSSR count). The predicted molar refractivity (Wildman–Crippen MR) is 121 cm³/mol. The number of esters is 1. The van der Waals surface area contributed by atoms with E-state index < -0.39 is 11.6 Å². The van der Waals surface area contributed by atoms with Gasteiger partial charge in [0.25, 0.3) is 0 Å². The molecule has 32 heavy (non-hydrogen) atoms. The van der Waals surface area contributed by atoms with Crippen molar-refractivity contribution in [2.75, 3.05) is 27.2 Å². The number of ether oxygens (including phenoxy) is 1. The quantitative estimate of drug-likeness (QED) is 0.345. The average Bonchev–Trinajstić information content (AvgIpc) is 3.17. The summed E-state index contributed by atoms with van der Waals surface area (Å²) in [6.07, 6.45) is 2.47. The van der Waals surface area contributed by atoms with E-state index in [1.54, 1.807) is 31.2 Å². The summed E-state index contributed by atoms with van der Waals surface area (Å²) in [5.41, 5.74) is 0.307. The SMILES string of the molecule is CCOC(=O)c1nc(-c2cccc(C#C[C@@](O)(C=O)CCN(C)C)c2)nc2c1ccn2C. The summed E-state index contributed by atoms with van der Waals surface area (Å²) in [7, 11) is 5.55. The summed E-state index contributed by atoms with van der Waals surface area (Å²) < 4.78 is 6.97. The molecule has 0 aliphatic carbocycles. The second kappa shape index (κ2) is 9.73. The minimum Gasteiger partial charge on any atom is -0.461 e. The summed E-state index contributed by atoms with van der Waals surface area (Å²) in [5.74, 6) is 5.38. The normalized spacial score (nSPS) is 12.8. The van der Waals surface area contributed by atoms with Gasteiger partial charge in [0.15, 0.2) is 23.4 Å². The van der Waals surface area contributed by atoms with E-state index in [1.165, 1.54) is 0 Å². The molecule has 1 N–H and O–H groups in total. The molecule has 166 valence electrons. The van der Waals surface area contributed by atoms with Gasteiger partial charge >= 0.3 is 5.97 Å². The molecule has 0 fully saturated rings. The zero-order valence-electron chi connectivity index (χ0n) is 18.6. The molecule has 3 aromatic rings.